The minimum Gasteiger partial charge on any atom is -0.425 e. The summed E-state index contributed by atoms with van der Waals surface area (Å²) in [4.78, 5) is 6.91. The number of nitriles is 1. The first-order valence-corrected chi connectivity index (χ1v) is 9.19. The maximum absolute atomic E-state index is 9.41. The van der Waals surface area contributed by atoms with Crippen LogP contribution in [0, 0.1) is 11.3 Å². The summed E-state index contributed by atoms with van der Waals surface area (Å²) >= 11 is 0. The average Bonchev–Trinajstić information content (AvgIpc) is 3.21. The van der Waals surface area contributed by atoms with Crippen molar-refractivity contribution in [3.63, 3.8) is 0 Å². The van der Waals surface area contributed by atoms with Gasteiger partial charge in [0.2, 0.25) is 5.88 Å². The molecule has 0 spiro atoms. The number of aromatic nitrogens is 1. The van der Waals surface area contributed by atoms with Crippen molar-refractivity contribution in [2.24, 2.45) is 0 Å². The first kappa shape index (κ1) is 17.5. The van der Waals surface area contributed by atoms with E-state index in [1.807, 2.05) is 6.07 Å². The van der Waals surface area contributed by atoms with E-state index < -0.39 is 0 Å². The average molecular weight is 337 g/mol. The molecule has 4 heteroatoms. The summed E-state index contributed by atoms with van der Waals surface area (Å²) in [5, 5.41) is 9.41. The van der Waals surface area contributed by atoms with Gasteiger partial charge in [-0.2, -0.15) is 5.26 Å². The highest BCUT2D eigenvalue weighted by molar-refractivity contribution is 5.48. The van der Waals surface area contributed by atoms with Crippen LogP contribution in [0.15, 0.2) is 34.7 Å². The van der Waals surface area contributed by atoms with E-state index in [2.05, 4.69) is 56.0 Å². The highest BCUT2D eigenvalue weighted by Gasteiger charge is 2.34. The maximum Gasteiger partial charge on any atom is 0.221 e. The predicted octanol–water partition coefficient (Wildman–Crippen LogP) is 4.64. The van der Waals surface area contributed by atoms with Gasteiger partial charge in [0.25, 0.3) is 0 Å². The second kappa shape index (κ2) is 7.31. The second-order valence-electron chi connectivity index (χ2n) is 7.83. The third-order valence-corrected chi connectivity index (χ3v) is 4.73. The van der Waals surface area contributed by atoms with Crippen LogP contribution in [-0.4, -0.2) is 17.6 Å². The Labute approximate surface area is 150 Å². The van der Waals surface area contributed by atoms with Crippen LogP contribution in [0.3, 0.4) is 0 Å². The van der Waals surface area contributed by atoms with Gasteiger partial charge in [0.1, 0.15) is 11.7 Å². The zero-order chi connectivity index (χ0) is 17.9. The molecular weight excluding hydrogens is 310 g/mol. The highest BCUT2D eigenvalue weighted by atomic mass is 16.4. The molecule has 1 saturated heterocycles. The number of anilines is 1. The van der Waals surface area contributed by atoms with Crippen LogP contribution in [0.2, 0.25) is 0 Å². The molecule has 0 radical (unpaired) electrons. The summed E-state index contributed by atoms with van der Waals surface area (Å²) in [6.45, 7) is 7.33. The van der Waals surface area contributed by atoms with Crippen LogP contribution < -0.4 is 4.90 Å². The Hall–Kier alpha value is -2.28. The van der Waals surface area contributed by atoms with E-state index in [1.165, 1.54) is 5.56 Å². The monoisotopic (exact) mass is 337 g/mol. The zero-order valence-corrected chi connectivity index (χ0v) is 15.5. The Morgan fingerprint density at radius 1 is 1.24 bits per heavy atom. The largest absolute Gasteiger partial charge is 0.425 e. The number of oxazole rings is 1. The van der Waals surface area contributed by atoms with Gasteiger partial charge in [0.15, 0.2) is 5.89 Å². The first-order valence-electron chi connectivity index (χ1n) is 9.19. The summed E-state index contributed by atoms with van der Waals surface area (Å²) in [7, 11) is 0. The Morgan fingerprint density at radius 2 is 2.00 bits per heavy atom. The molecule has 0 aliphatic carbocycles. The molecule has 1 aliphatic rings. The van der Waals surface area contributed by atoms with Crippen molar-refractivity contribution in [3.05, 3.63) is 47.5 Å². The molecule has 25 heavy (non-hydrogen) atoms. The molecule has 1 aliphatic heterocycles. The molecule has 4 nitrogen and oxygen atoms in total. The van der Waals surface area contributed by atoms with Gasteiger partial charge in [-0.25, -0.2) is 4.98 Å². The summed E-state index contributed by atoms with van der Waals surface area (Å²) < 4.78 is 6.16. The van der Waals surface area contributed by atoms with E-state index in [4.69, 9.17) is 9.40 Å². The van der Waals surface area contributed by atoms with E-state index in [-0.39, 0.29) is 11.5 Å². The maximum atomic E-state index is 9.41. The van der Waals surface area contributed by atoms with Crippen molar-refractivity contribution in [1.82, 2.24) is 4.98 Å². The Bertz CT molecular complexity index is 737. The van der Waals surface area contributed by atoms with E-state index in [0.717, 1.165) is 56.1 Å². The minimum absolute atomic E-state index is 0.0915. The summed E-state index contributed by atoms with van der Waals surface area (Å²) in [6, 6.07) is 12.8. The molecule has 2 heterocycles. The van der Waals surface area contributed by atoms with Crippen molar-refractivity contribution in [2.75, 3.05) is 11.4 Å². The molecule has 0 N–H and O–H groups in total. The number of hydrogen-bond acceptors (Lipinski definition) is 4. The van der Waals surface area contributed by atoms with Gasteiger partial charge in [0, 0.05) is 18.4 Å². The van der Waals surface area contributed by atoms with Crippen molar-refractivity contribution in [1.29, 1.82) is 5.26 Å². The van der Waals surface area contributed by atoms with Gasteiger partial charge in [-0.3, -0.25) is 0 Å². The summed E-state index contributed by atoms with van der Waals surface area (Å²) in [5.41, 5.74) is 2.22. The molecule has 1 atom stereocenters. The van der Waals surface area contributed by atoms with Crippen LogP contribution in [0.1, 0.15) is 57.2 Å². The molecular formula is C21H27N3O. The quantitative estimate of drug-likeness (QED) is 0.797. The van der Waals surface area contributed by atoms with Crippen molar-refractivity contribution in [2.45, 2.75) is 64.3 Å². The fourth-order valence-corrected chi connectivity index (χ4v) is 3.38. The lowest BCUT2D eigenvalue weighted by Gasteiger charge is -2.23. The van der Waals surface area contributed by atoms with E-state index in [9.17, 15) is 5.26 Å². The minimum atomic E-state index is -0.0981. The van der Waals surface area contributed by atoms with Gasteiger partial charge < -0.3 is 9.32 Å². The van der Waals surface area contributed by atoms with Crippen LogP contribution in [0.4, 0.5) is 5.88 Å². The van der Waals surface area contributed by atoms with Crippen LogP contribution in [-0.2, 0) is 18.3 Å². The van der Waals surface area contributed by atoms with Crippen molar-refractivity contribution in [3.8, 4) is 6.07 Å². The molecule has 1 aromatic carbocycles. The summed E-state index contributed by atoms with van der Waals surface area (Å²) in [6.07, 6.45) is 4.79. The van der Waals surface area contributed by atoms with Gasteiger partial charge in [-0.1, -0.05) is 51.1 Å². The van der Waals surface area contributed by atoms with Crippen LogP contribution in [0.25, 0.3) is 0 Å². The topological polar surface area (TPSA) is 53.1 Å². The lowest BCUT2D eigenvalue weighted by Crippen LogP contribution is -2.30. The fraction of sp³-hybridized carbons (Fsp3) is 0.524. The molecule has 3 rings (SSSR count). The standard InChI is InChI=1S/C21H27N3O/c1-21(2,3)19-20(24-14-8-12-17(24)15-22)25-18(23-19)13-7-11-16-9-5-4-6-10-16/h4-6,9-10,17H,7-8,11-14H2,1-3H3. The third-order valence-electron chi connectivity index (χ3n) is 4.73. The predicted molar refractivity (Wildman–Crippen MR) is 99.7 cm³/mol. The first-order chi connectivity index (χ1) is 12.0. The smallest absolute Gasteiger partial charge is 0.221 e. The van der Waals surface area contributed by atoms with Crippen molar-refractivity contribution >= 4 is 5.88 Å². The normalized spacial score (nSPS) is 17.7. The molecule has 0 amide bonds. The molecule has 0 saturated carbocycles. The number of nitrogens with zero attached hydrogens (tertiary/aromatic N) is 3. The number of hydrogen-bond donors (Lipinski definition) is 0. The van der Waals surface area contributed by atoms with Crippen LogP contribution in [0.5, 0.6) is 0 Å². The van der Waals surface area contributed by atoms with Crippen molar-refractivity contribution < 1.29 is 4.42 Å². The lowest BCUT2D eigenvalue weighted by atomic mass is 9.92. The second-order valence-corrected chi connectivity index (χ2v) is 7.83. The summed E-state index contributed by atoms with van der Waals surface area (Å²) in [5.74, 6) is 1.60. The SMILES string of the molecule is CC(C)(C)c1nc(CCCc2ccccc2)oc1N1CCCC1C#N. The highest BCUT2D eigenvalue weighted by Crippen LogP contribution is 2.36. The molecule has 0 bridgehead atoms. The number of benzene rings is 1. The Balaban J connectivity index is 1.76. The van der Waals surface area contributed by atoms with Gasteiger partial charge in [-0.15, -0.1) is 0 Å². The van der Waals surface area contributed by atoms with E-state index in [1.54, 1.807) is 0 Å². The van der Waals surface area contributed by atoms with Gasteiger partial charge in [0.05, 0.1) is 6.07 Å². The molecule has 1 aromatic heterocycles. The lowest BCUT2D eigenvalue weighted by molar-refractivity contribution is 0.477. The molecule has 2 aromatic rings. The third kappa shape index (κ3) is 4.04. The Morgan fingerprint density at radius 3 is 2.68 bits per heavy atom. The number of aryl methyl sites for hydroxylation is 2. The van der Waals surface area contributed by atoms with E-state index >= 15 is 0 Å². The Kier molecular flexibility index (Phi) is 5.13. The molecule has 1 unspecified atom stereocenters. The van der Waals surface area contributed by atoms with E-state index in [0.29, 0.717) is 0 Å². The number of rotatable bonds is 5. The zero-order valence-electron chi connectivity index (χ0n) is 15.5. The van der Waals surface area contributed by atoms with Crippen LogP contribution >= 0.6 is 0 Å². The van der Waals surface area contributed by atoms with Gasteiger partial charge >= 0.3 is 0 Å². The van der Waals surface area contributed by atoms with Gasteiger partial charge in [-0.05, 0) is 31.2 Å². The molecule has 132 valence electrons. The molecule has 1 fully saturated rings. The fourth-order valence-electron chi connectivity index (χ4n) is 3.38.